The first-order valence-electron chi connectivity index (χ1n) is 9.17. The van der Waals surface area contributed by atoms with Crippen molar-refractivity contribution in [3.63, 3.8) is 0 Å². The zero-order valence-electron chi connectivity index (χ0n) is 13.3. The first kappa shape index (κ1) is 14.3. The Kier molecular flexibility index (Phi) is 3.48. The molecule has 4 aliphatic carbocycles. The molecule has 0 amide bonds. The quantitative estimate of drug-likeness (QED) is 0.342. The van der Waals surface area contributed by atoms with Crippen LogP contribution in [0.25, 0.3) is 0 Å². The van der Waals surface area contributed by atoms with Gasteiger partial charge in [0.05, 0.1) is 0 Å². The zero-order valence-corrected chi connectivity index (χ0v) is 15.5. The van der Waals surface area contributed by atoms with Crippen LogP contribution in [0.4, 0.5) is 0 Å². The smallest absolute Gasteiger partial charge is 0.0115 e. The third-order valence-electron chi connectivity index (χ3n) is 8.34. The predicted molar refractivity (Wildman–Crippen MR) is 94.2 cm³/mol. The van der Waals surface area contributed by atoms with Gasteiger partial charge in [0.25, 0.3) is 0 Å². The van der Waals surface area contributed by atoms with Gasteiger partial charge in [-0.15, -0.1) is 0 Å². The van der Waals surface area contributed by atoms with E-state index in [0.29, 0.717) is 5.41 Å². The van der Waals surface area contributed by atoms with Crippen LogP contribution in [-0.4, -0.2) is 3.92 Å². The maximum atomic E-state index is 2.75. The highest BCUT2D eigenvalue weighted by Gasteiger charge is 2.57. The largest absolute Gasteiger partial charge is 0.0826 e. The van der Waals surface area contributed by atoms with E-state index in [1.165, 1.54) is 32.1 Å². The summed E-state index contributed by atoms with van der Waals surface area (Å²) in [4.78, 5) is 0. The van der Waals surface area contributed by atoms with Gasteiger partial charge in [0, 0.05) is 3.92 Å². The van der Waals surface area contributed by atoms with Gasteiger partial charge >= 0.3 is 0 Å². The van der Waals surface area contributed by atoms with E-state index in [-0.39, 0.29) is 0 Å². The van der Waals surface area contributed by atoms with Crippen LogP contribution in [-0.2, 0) is 0 Å². The van der Waals surface area contributed by atoms with E-state index in [1.54, 1.807) is 32.1 Å². The van der Waals surface area contributed by atoms with Crippen molar-refractivity contribution in [2.24, 2.45) is 34.5 Å². The molecule has 0 aromatic rings. The molecule has 0 N–H and O–H groups in total. The Morgan fingerprint density at radius 3 is 2.50 bits per heavy atom. The van der Waals surface area contributed by atoms with Crippen molar-refractivity contribution >= 4 is 22.6 Å². The molecule has 0 bridgehead atoms. The molecule has 0 saturated heterocycles. The van der Waals surface area contributed by atoms with Crippen molar-refractivity contribution in [3.8, 4) is 0 Å². The van der Waals surface area contributed by atoms with Gasteiger partial charge < -0.3 is 0 Å². The summed E-state index contributed by atoms with van der Waals surface area (Å²) in [5, 5.41) is 0. The Labute approximate surface area is 139 Å². The fourth-order valence-electron chi connectivity index (χ4n) is 7.28. The number of hydrogen-bond donors (Lipinski definition) is 0. The van der Waals surface area contributed by atoms with Crippen molar-refractivity contribution in [1.29, 1.82) is 0 Å². The summed E-state index contributed by atoms with van der Waals surface area (Å²) in [6.45, 7) is 5.34. The number of rotatable bonds is 0. The maximum absolute atomic E-state index is 2.75. The molecule has 4 aliphatic rings. The summed E-state index contributed by atoms with van der Waals surface area (Å²) >= 11 is 2.75. The molecule has 1 unspecified atom stereocenters. The van der Waals surface area contributed by atoms with E-state index >= 15 is 0 Å². The average molecular weight is 386 g/mol. The minimum Gasteiger partial charge on any atom is -0.0826 e. The van der Waals surface area contributed by atoms with Crippen LogP contribution in [0.3, 0.4) is 0 Å². The normalized spacial score (nSPS) is 58.6. The van der Waals surface area contributed by atoms with Crippen LogP contribution >= 0.6 is 22.6 Å². The van der Waals surface area contributed by atoms with Gasteiger partial charge in [-0.05, 0) is 92.3 Å². The molecule has 20 heavy (non-hydrogen) atoms. The van der Waals surface area contributed by atoms with Gasteiger partial charge in [-0.25, -0.2) is 0 Å². The monoisotopic (exact) mass is 386 g/mol. The van der Waals surface area contributed by atoms with E-state index in [2.05, 4.69) is 36.4 Å². The second kappa shape index (κ2) is 4.86. The lowest BCUT2D eigenvalue weighted by molar-refractivity contribution is -0.101. The topological polar surface area (TPSA) is 0 Å². The molecule has 0 radical (unpaired) electrons. The van der Waals surface area contributed by atoms with Gasteiger partial charge in [0.1, 0.15) is 0 Å². The molecule has 4 saturated carbocycles. The van der Waals surface area contributed by atoms with Crippen LogP contribution in [0.15, 0.2) is 0 Å². The Morgan fingerprint density at radius 2 is 1.65 bits per heavy atom. The van der Waals surface area contributed by atoms with E-state index in [1.807, 2.05) is 0 Å². The van der Waals surface area contributed by atoms with E-state index in [0.717, 1.165) is 33.0 Å². The fraction of sp³-hybridized carbons (Fsp3) is 1.00. The standard InChI is InChI=1S/C19H31I/c1-18-10-3-4-16(18)15-8-6-13-5-7-14(20)12-19(13,2)17(15)9-11-18/h13-17H,3-12H2,1-2H3/t13-,14?,15+,16+,17+,18+,19+/m1/s1. The molecular weight excluding hydrogens is 355 g/mol. The molecule has 4 rings (SSSR count). The summed E-state index contributed by atoms with van der Waals surface area (Å²) in [5.74, 6) is 4.34. The highest BCUT2D eigenvalue weighted by atomic mass is 127. The molecule has 1 heteroatoms. The molecule has 7 atom stereocenters. The van der Waals surface area contributed by atoms with Gasteiger partial charge in [-0.3, -0.25) is 0 Å². The Balaban J connectivity index is 1.64. The third-order valence-corrected chi connectivity index (χ3v) is 9.40. The van der Waals surface area contributed by atoms with Gasteiger partial charge in [-0.2, -0.15) is 0 Å². The number of fused-ring (bicyclic) bond motifs is 5. The predicted octanol–water partition coefficient (Wildman–Crippen LogP) is 6.22. The highest BCUT2D eigenvalue weighted by Crippen LogP contribution is 2.66. The van der Waals surface area contributed by atoms with Crippen LogP contribution in [0.5, 0.6) is 0 Å². The first-order chi connectivity index (χ1) is 9.53. The number of hydrogen-bond acceptors (Lipinski definition) is 0. The molecule has 4 fully saturated rings. The van der Waals surface area contributed by atoms with Crippen molar-refractivity contribution in [3.05, 3.63) is 0 Å². The molecule has 0 aromatic heterocycles. The first-order valence-corrected chi connectivity index (χ1v) is 10.4. The zero-order chi connectivity index (χ0) is 14.0. The summed E-state index contributed by atoms with van der Waals surface area (Å²) < 4.78 is 0.962. The second-order valence-corrected chi connectivity index (χ2v) is 10.9. The summed E-state index contributed by atoms with van der Waals surface area (Å²) in [5.41, 5.74) is 1.44. The summed E-state index contributed by atoms with van der Waals surface area (Å²) in [6.07, 6.45) is 15.4. The molecule has 0 aromatic carbocycles. The Bertz CT molecular complexity index is 391. The van der Waals surface area contributed by atoms with E-state index < -0.39 is 0 Å². The molecule has 114 valence electrons. The average Bonchev–Trinajstić information content (AvgIpc) is 2.79. The van der Waals surface area contributed by atoms with E-state index in [9.17, 15) is 0 Å². The minimum absolute atomic E-state index is 0.705. The molecule has 0 spiro atoms. The minimum atomic E-state index is 0.705. The maximum Gasteiger partial charge on any atom is 0.0115 e. The lowest BCUT2D eigenvalue weighted by Crippen LogP contribution is -2.53. The Morgan fingerprint density at radius 1 is 0.850 bits per heavy atom. The van der Waals surface area contributed by atoms with Gasteiger partial charge in [-0.1, -0.05) is 42.9 Å². The van der Waals surface area contributed by atoms with Gasteiger partial charge in [0.2, 0.25) is 0 Å². The Hall–Kier alpha value is 0.730. The molecular formula is C19H31I. The molecule has 0 heterocycles. The molecule has 0 aliphatic heterocycles. The lowest BCUT2D eigenvalue weighted by Gasteiger charge is -2.60. The highest BCUT2D eigenvalue weighted by molar-refractivity contribution is 14.1. The summed E-state index contributed by atoms with van der Waals surface area (Å²) in [6, 6.07) is 0. The van der Waals surface area contributed by atoms with Crippen LogP contribution in [0, 0.1) is 34.5 Å². The van der Waals surface area contributed by atoms with Crippen molar-refractivity contribution < 1.29 is 0 Å². The lowest BCUT2D eigenvalue weighted by atomic mass is 9.45. The van der Waals surface area contributed by atoms with Crippen LogP contribution < -0.4 is 0 Å². The van der Waals surface area contributed by atoms with Crippen LogP contribution in [0.1, 0.15) is 78.1 Å². The van der Waals surface area contributed by atoms with Crippen LogP contribution in [0.2, 0.25) is 0 Å². The van der Waals surface area contributed by atoms with E-state index in [4.69, 9.17) is 0 Å². The third kappa shape index (κ3) is 1.97. The SMILES string of the molecule is C[C@@]12CCC[C@H]1[C@@H]1CC[C@H]3CCC(I)C[C@]3(C)[C@H]1CC2. The summed E-state index contributed by atoms with van der Waals surface area (Å²) in [7, 11) is 0. The fourth-order valence-corrected chi connectivity index (χ4v) is 8.59. The van der Waals surface area contributed by atoms with Gasteiger partial charge in [0.15, 0.2) is 0 Å². The number of halogens is 1. The van der Waals surface area contributed by atoms with Crippen molar-refractivity contribution in [1.82, 2.24) is 0 Å². The molecule has 0 nitrogen and oxygen atoms in total. The van der Waals surface area contributed by atoms with Crippen molar-refractivity contribution in [2.75, 3.05) is 0 Å². The second-order valence-electron chi connectivity index (χ2n) is 9.12. The number of alkyl halides is 1. The van der Waals surface area contributed by atoms with Crippen molar-refractivity contribution in [2.45, 2.75) is 82.0 Å².